The summed E-state index contributed by atoms with van der Waals surface area (Å²) in [7, 11) is 0. The van der Waals surface area contributed by atoms with Crippen LogP contribution in [0.5, 0.6) is 0 Å². The van der Waals surface area contributed by atoms with Crippen molar-refractivity contribution >= 4 is 34.4 Å². The maximum absolute atomic E-state index is 12.5. The molecule has 0 saturated carbocycles. The highest BCUT2D eigenvalue weighted by atomic mass is 35.5. The van der Waals surface area contributed by atoms with E-state index in [2.05, 4.69) is 15.3 Å². The maximum atomic E-state index is 12.5. The Kier molecular flexibility index (Phi) is 5.13. The van der Waals surface area contributed by atoms with Gasteiger partial charge in [0.25, 0.3) is 5.91 Å². The van der Waals surface area contributed by atoms with Crippen LogP contribution in [0.2, 0.25) is 5.02 Å². The van der Waals surface area contributed by atoms with Gasteiger partial charge in [-0.05, 0) is 38.1 Å². The number of nitrogens with zero attached hydrogens (tertiary/aromatic N) is 4. The van der Waals surface area contributed by atoms with Gasteiger partial charge < -0.3 is 11.1 Å². The number of fused-ring (bicyclic) bond motifs is 1. The predicted octanol–water partition coefficient (Wildman–Crippen LogP) is 3.89. The predicted molar refractivity (Wildman–Crippen MR) is 118 cm³/mol. The topological polar surface area (TPSA) is 98.7 Å². The molecule has 0 aliphatic heterocycles. The van der Waals surface area contributed by atoms with Crippen LogP contribution in [0, 0.1) is 0 Å². The Morgan fingerprint density at radius 3 is 2.50 bits per heavy atom. The van der Waals surface area contributed by atoms with Crippen LogP contribution < -0.4 is 11.1 Å². The van der Waals surface area contributed by atoms with E-state index in [4.69, 9.17) is 22.4 Å². The van der Waals surface area contributed by atoms with Crippen LogP contribution in [0.25, 0.3) is 22.3 Å². The van der Waals surface area contributed by atoms with Crippen molar-refractivity contribution in [1.82, 2.24) is 25.1 Å². The summed E-state index contributed by atoms with van der Waals surface area (Å²) in [5.41, 5.74) is 8.33. The summed E-state index contributed by atoms with van der Waals surface area (Å²) in [6.07, 6.45) is 1.42. The molecule has 2 aromatic heterocycles. The molecule has 0 aliphatic carbocycles. The standard InChI is InChI=1S/C22H21ClN6O/c1-22(2,12-25-21(30)15-6-4-3-5-7-15)29-20-17(19(24)26-13-27-20)18(28-29)14-8-10-16(23)11-9-14/h3-11,13H,12H2,1-2H3,(H,25,30)(H2,24,26,27). The van der Waals surface area contributed by atoms with E-state index in [-0.39, 0.29) is 5.91 Å². The zero-order chi connectivity index (χ0) is 21.3. The number of anilines is 1. The Bertz CT molecular complexity index is 1200. The highest BCUT2D eigenvalue weighted by Crippen LogP contribution is 2.33. The first-order chi connectivity index (χ1) is 14.4. The van der Waals surface area contributed by atoms with Gasteiger partial charge in [0.1, 0.15) is 17.8 Å². The molecule has 0 saturated heterocycles. The highest BCUT2D eigenvalue weighted by Gasteiger charge is 2.28. The molecular formula is C22H21ClN6O. The average Bonchev–Trinajstić information content (AvgIpc) is 3.15. The molecule has 2 aromatic carbocycles. The number of nitrogens with two attached hydrogens (primary N) is 1. The lowest BCUT2D eigenvalue weighted by Crippen LogP contribution is -2.41. The quantitative estimate of drug-likeness (QED) is 0.510. The fourth-order valence-corrected chi connectivity index (χ4v) is 3.40. The van der Waals surface area contributed by atoms with Crippen LogP contribution in [-0.2, 0) is 5.54 Å². The summed E-state index contributed by atoms with van der Waals surface area (Å²) in [5, 5.41) is 9.10. The second kappa shape index (κ2) is 7.76. The van der Waals surface area contributed by atoms with Crippen LogP contribution >= 0.6 is 11.6 Å². The number of aromatic nitrogens is 4. The van der Waals surface area contributed by atoms with E-state index in [0.29, 0.717) is 39.7 Å². The molecule has 2 heterocycles. The van der Waals surface area contributed by atoms with Crippen LogP contribution in [0.3, 0.4) is 0 Å². The van der Waals surface area contributed by atoms with Crippen molar-refractivity contribution in [2.24, 2.45) is 0 Å². The number of nitrogen functional groups attached to an aromatic ring is 1. The van der Waals surface area contributed by atoms with Gasteiger partial charge in [0.15, 0.2) is 5.65 Å². The summed E-state index contributed by atoms with van der Waals surface area (Å²) >= 11 is 6.03. The summed E-state index contributed by atoms with van der Waals surface area (Å²) in [5.74, 6) is 0.201. The maximum Gasteiger partial charge on any atom is 0.251 e. The van der Waals surface area contributed by atoms with Crippen molar-refractivity contribution in [3.8, 4) is 11.3 Å². The lowest BCUT2D eigenvalue weighted by Gasteiger charge is -2.26. The number of amides is 1. The lowest BCUT2D eigenvalue weighted by molar-refractivity contribution is 0.0936. The van der Waals surface area contributed by atoms with Gasteiger partial charge in [-0.25, -0.2) is 14.6 Å². The molecule has 0 unspecified atom stereocenters. The Labute approximate surface area is 178 Å². The van der Waals surface area contributed by atoms with E-state index < -0.39 is 5.54 Å². The van der Waals surface area contributed by atoms with Crippen molar-refractivity contribution in [3.05, 3.63) is 71.5 Å². The van der Waals surface area contributed by atoms with Gasteiger partial charge in [-0.15, -0.1) is 0 Å². The second-order valence-electron chi connectivity index (χ2n) is 7.59. The van der Waals surface area contributed by atoms with Crippen LogP contribution in [0.1, 0.15) is 24.2 Å². The van der Waals surface area contributed by atoms with E-state index in [1.54, 1.807) is 28.9 Å². The van der Waals surface area contributed by atoms with Crippen molar-refractivity contribution in [2.45, 2.75) is 19.4 Å². The first-order valence-corrected chi connectivity index (χ1v) is 9.83. The normalized spacial score (nSPS) is 11.6. The van der Waals surface area contributed by atoms with E-state index in [0.717, 1.165) is 5.56 Å². The largest absolute Gasteiger partial charge is 0.383 e. The number of benzene rings is 2. The van der Waals surface area contributed by atoms with Gasteiger partial charge in [-0.2, -0.15) is 5.10 Å². The van der Waals surface area contributed by atoms with Crippen molar-refractivity contribution in [1.29, 1.82) is 0 Å². The molecule has 0 atom stereocenters. The zero-order valence-electron chi connectivity index (χ0n) is 16.6. The zero-order valence-corrected chi connectivity index (χ0v) is 17.4. The molecule has 3 N–H and O–H groups in total. The van der Waals surface area contributed by atoms with E-state index in [1.807, 2.05) is 44.2 Å². The monoisotopic (exact) mass is 420 g/mol. The minimum Gasteiger partial charge on any atom is -0.383 e. The minimum absolute atomic E-state index is 0.146. The third-order valence-electron chi connectivity index (χ3n) is 4.90. The summed E-state index contributed by atoms with van der Waals surface area (Å²) in [4.78, 5) is 21.1. The van der Waals surface area contributed by atoms with Gasteiger partial charge in [0.2, 0.25) is 0 Å². The third-order valence-corrected chi connectivity index (χ3v) is 5.15. The van der Waals surface area contributed by atoms with E-state index >= 15 is 0 Å². The molecule has 30 heavy (non-hydrogen) atoms. The van der Waals surface area contributed by atoms with Gasteiger partial charge in [0, 0.05) is 22.7 Å². The Balaban J connectivity index is 1.72. The van der Waals surface area contributed by atoms with E-state index in [1.165, 1.54) is 6.33 Å². The van der Waals surface area contributed by atoms with Crippen molar-refractivity contribution in [2.75, 3.05) is 12.3 Å². The highest BCUT2D eigenvalue weighted by molar-refractivity contribution is 6.30. The minimum atomic E-state index is -0.575. The number of carbonyl (C=O) groups excluding carboxylic acids is 1. The van der Waals surface area contributed by atoms with Crippen LogP contribution in [0.4, 0.5) is 5.82 Å². The third kappa shape index (κ3) is 3.71. The summed E-state index contributed by atoms with van der Waals surface area (Å²) in [6, 6.07) is 16.4. The lowest BCUT2D eigenvalue weighted by atomic mass is 10.1. The average molecular weight is 421 g/mol. The van der Waals surface area contributed by atoms with Gasteiger partial charge in [-0.3, -0.25) is 4.79 Å². The molecule has 7 nitrogen and oxygen atoms in total. The fourth-order valence-electron chi connectivity index (χ4n) is 3.27. The van der Waals surface area contributed by atoms with Crippen molar-refractivity contribution in [3.63, 3.8) is 0 Å². The number of hydrogen-bond acceptors (Lipinski definition) is 5. The number of hydrogen-bond donors (Lipinski definition) is 2. The number of carbonyl (C=O) groups is 1. The second-order valence-corrected chi connectivity index (χ2v) is 8.02. The SMILES string of the molecule is CC(C)(CNC(=O)c1ccccc1)n1nc(-c2ccc(Cl)cc2)c2c(N)ncnc21. The molecule has 0 aliphatic rings. The van der Waals surface area contributed by atoms with E-state index in [9.17, 15) is 4.79 Å². The molecule has 4 aromatic rings. The molecule has 1 amide bonds. The number of nitrogens with one attached hydrogen (secondary N) is 1. The van der Waals surface area contributed by atoms with Gasteiger partial charge in [0.05, 0.1) is 10.9 Å². The summed E-state index contributed by atoms with van der Waals surface area (Å²) < 4.78 is 1.79. The molecule has 4 rings (SSSR count). The molecule has 0 radical (unpaired) electrons. The first kappa shape index (κ1) is 19.8. The van der Waals surface area contributed by atoms with Crippen LogP contribution in [-0.4, -0.2) is 32.2 Å². The van der Waals surface area contributed by atoms with Crippen LogP contribution in [0.15, 0.2) is 60.9 Å². The first-order valence-electron chi connectivity index (χ1n) is 9.46. The smallest absolute Gasteiger partial charge is 0.251 e. The number of rotatable bonds is 5. The fraction of sp³-hybridized carbons (Fsp3) is 0.182. The van der Waals surface area contributed by atoms with Crippen molar-refractivity contribution < 1.29 is 4.79 Å². The molecule has 0 spiro atoms. The Morgan fingerprint density at radius 2 is 1.80 bits per heavy atom. The molecule has 0 fully saturated rings. The molecule has 0 bridgehead atoms. The Hall–Kier alpha value is -3.45. The molecular weight excluding hydrogens is 400 g/mol. The van der Waals surface area contributed by atoms with Gasteiger partial charge in [-0.1, -0.05) is 41.9 Å². The number of halogens is 1. The molecule has 152 valence electrons. The molecule has 8 heteroatoms. The summed E-state index contributed by atoms with van der Waals surface area (Å²) in [6.45, 7) is 4.31. The Morgan fingerprint density at radius 1 is 1.10 bits per heavy atom. The van der Waals surface area contributed by atoms with Gasteiger partial charge >= 0.3 is 0 Å².